The Morgan fingerprint density at radius 2 is 1.96 bits per heavy atom. The zero-order valence-electron chi connectivity index (χ0n) is 13.6. The highest BCUT2D eigenvalue weighted by Crippen LogP contribution is 2.20. The van der Waals surface area contributed by atoms with Crippen LogP contribution in [0.2, 0.25) is 0 Å². The number of H-pyrrole nitrogens is 1. The van der Waals surface area contributed by atoms with Crippen molar-refractivity contribution in [3.8, 4) is 0 Å². The molecule has 0 aliphatic heterocycles. The minimum absolute atomic E-state index is 0.0123. The number of aromatic amines is 1. The summed E-state index contributed by atoms with van der Waals surface area (Å²) in [6, 6.07) is 12.2. The molecule has 7 nitrogen and oxygen atoms in total. The average Bonchev–Trinajstić information content (AvgIpc) is 2.97. The maximum absolute atomic E-state index is 11.8. The van der Waals surface area contributed by atoms with Crippen LogP contribution >= 0.6 is 0 Å². The highest BCUT2D eigenvalue weighted by Gasteiger charge is 2.10. The Hall–Kier alpha value is -3.35. The highest BCUT2D eigenvalue weighted by atomic mass is 16.5. The van der Waals surface area contributed by atoms with Crippen molar-refractivity contribution in [2.24, 2.45) is 0 Å². The number of aromatic nitrogens is 2. The third-order valence-corrected chi connectivity index (χ3v) is 3.57. The van der Waals surface area contributed by atoms with Gasteiger partial charge in [0.1, 0.15) is 0 Å². The van der Waals surface area contributed by atoms with Crippen molar-refractivity contribution in [2.45, 2.75) is 13.3 Å². The zero-order chi connectivity index (χ0) is 17.8. The summed E-state index contributed by atoms with van der Waals surface area (Å²) in [5.74, 6) is -0.708. The normalized spacial score (nSPS) is 10.6. The van der Waals surface area contributed by atoms with Crippen LogP contribution < -0.4 is 5.32 Å². The van der Waals surface area contributed by atoms with E-state index in [-0.39, 0.29) is 12.4 Å². The molecular formula is C18H17N3O4. The van der Waals surface area contributed by atoms with Gasteiger partial charge in [-0.2, -0.15) is 0 Å². The summed E-state index contributed by atoms with van der Waals surface area (Å²) >= 11 is 0. The van der Waals surface area contributed by atoms with E-state index >= 15 is 0 Å². The molecule has 0 fully saturated rings. The minimum Gasteiger partial charge on any atom is -0.481 e. The van der Waals surface area contributed by atoms with E-state index in [0.29, 0.717) is 18.1 Å². The van der Waals surface area contributed by atoms with Gasteiger partial charge >= 0.3 is 11.9 Å². The van der Waals surface area contributed by atoms with Crippen molar-refractivity contribution in [2.75, 3.05) is 11.9 Å². The van der Waals surface area contributed by atoms with Crippen LogP contribution in [0, 0.1) is 0 Å². The van der Waals surface area contributed by atoms with Gasteiger partial charge in [-0.1, -0.05) is 12.1 Å². The molecule has 25 heavy (non-hydrogen) atoms. The fourth-order valence-corrected chi connectivity index (χ4v) is 2.43. The standard InChI is InChI=1S/C18H17N3O4/c1-2-25-17(24)12-5-8-14-15(10-12)21-18(20-14)19-13-6-3-11(4-7-13)9-16(22)23/h3-8,10H,2,9H2,1H3,(H,22,23)(H2,19,20,21). The van der Waals surface area contributed by atoms with Crippen molar-refractivity contribution in [3.05, 3.63) is 53.6 Å². The zero-order valence-corrected chi connectivity index (χ0v) is 13.6. The number of rotatable bonds is 6. The molecule has 0 unspecified atom stereocenters. The molecule has 3 rings (SSSR count). The summed E-state index contributed by atoms with van der Waals surface area (Å²) in [6.45, 7) is 2.08. The van der Waals surface area contributed by atoms with Gasteiger partial charge in [0.15, 0.2) is 0 Å². The van der Waals surface area contributed by atoms with Crippen LogP contribution in [0.4, 0.5) is 11.6 Å². The number of esters is 1. The lowest BCUT2D eigenvalue weighted by Crippen LogP contribution is -2.04. The van der Waals surface area contributed by atoms with Crippen molar-refractivity contribution in [1.82, 2.24) is 9.97 Å². The number of nitrogens with one attached hydrogen (secondary N) is 2. The number of carboxylic acid groups (broad SMARTS) is 1. The lowest BCUT2D eigenvalue weighted by molar-refractivity contribution is -0.136. The van der Waals surface area contributed by atoms with E-state index in [4.69, 9.17) is 9.84 Å². The number of nitrogens with zero attached hydrogens (tertiary/aromatic N) is 1. The van der Waals surface area contributed by atoms with E-state index < -0.39 is 5.97 Å². The topological polar surface area (TPSA) is 104 Å². The van der Waals surface area contributed by atoms with Crippen LogP contribution in [-0.4, -0.2) is 33.6 Å². The molecule has 0 saturated carbocycles. The van der Waals surface area contributed by atoms with Gasteiger partial charge in [0.25, 0.3) is 0 Å². The summed E-state index contributed by atoms with van der Waals surface area (Å²) in [7, 11) is 0. The van der Waals surface area contributed by atoms with E-state index in [1.807, 2.05) is 0 Å². The van der Waals surface area contributed by atoms with Crippen LogP contribution in [0.15, 0.2) is 42.5 Å². The maximum atomic E-state index is 11.8. The molecule has 0 aliphatic rings. The van der Waals surface area contributed by atoms with Crippen LogP contribution in [0.3, 0.4) is 0 Å². The Balaban J connectivity index is 1.77. The Bertz CT molecular complexity index is 916. The first-order chi connectivity index (χ1) is 12.0. The lowest BCUT2D eigenvalue weighted by atomic mass is 10.1. The summed E-state index contributed by atoms with van der Waals surface area (Å²) in [4.78, 5) is 30.0. The van der Waals surface area contributed by atoms with E-state index in [1.54, 1.807) is 49.4 Å². The second-order valence-electron chi connectivity index (χ2n) is 5.43. The first kappa shape index (κ1) is 16.5. The van der Waals surface area contributed by atoms with Crippen LogP contribution in [-0.2, 0) is 16.0 Å². The predicted molar refractivity (Wildman–Crippen MR) is 93.1 cm³/mol. The Morgan fingerprint density at radius 3 is 2.64 bits per heavy atom. The second kappa shape index (κ2) is 7.04. The van der Waals surface area contributed by atoms with Gasteiger partial charge in [-0.15, -0.1) is 0 Å². The van der Waals surface area contributed by atoms with Crippen molar-refractivity contribution < 1.29 is 19.4 Å². The number of fused-ring (bicyclic) bond motifs is 1. The summed E-state index contributed by atoms with van der Waals surface area (Å²) < 4.78 is 4.99. The number of anilines is 2. The molecular weight excluding hydrogens is 322 g/mol. The quantitative estimate of drug-likeness (QED) is 0.596. The van der Waals surface area contributed by atoms with Gasteiger partial charge < -0.3 is 20.1 Å². The first-order valence-electron chi connectivity index (χ1n) is 7.80. The average molecular weight is 339 g/mol. The van der Waals surface area contributed by atoms with Crippen molar-refractivity contribution >= 4 is 34.6 Å². The van der Waals surface area contributed by atoms with Gasteiger partial charge in [-0.3, -0.25) is 4.79 Å². The molecule has 0 aliphatic carbocycles. The monoisotopic (exact) mass is 339 g/mol. The first-order valence-corrected chi connectivity index (χ1v) is 7.80. The third-order valence-electron chi connectivity index (χ3n) is 3.57. The second-order valence-corrected chi connectivity index (χ2v) is 5.43. The number of carbonyl (C=O) groups is 2. The summed E-state index contributed by atoms with van der Waals surface area (Å²) in [6.07, 6.45) is -0.0123. The lowest BCUT2D eigenvalue weighted by Gasteiger charge is -2.03. The molecule has 128 valence electrons. The fourth-order valence-electron chi connectivity index (χ4n) is 2.43. The Kier molecular flexibility index (Phi) is 4.65. The molecule has 3 aromatic rings. The van der Waals surface area contributed by atoms with Crippen molar-refractivity contribution in [3.63, 3.8) is 0 Å². The van der Waals surface area contributed by atoms with E-state index in [0.717, 1.165) is 22.3 Å². The van der Waals surface area contributed by atoms with Gasteiger partial charge in [0.2, 0.25) is 5.95 Å². The van der Waals surface area contributed by atoms with Crippen LogP contribution in [0.25, 0.3) is 11.0 Å². The largest absolute Gasteiger partial charge is 0.481 e. The number of carbonyl (C=O) groups excluding carboxylic acids is 1. The van der Waals surface area contributed by atoms with Crippen molar-refractivity contribution in [1.29, 1.82) is 0 Å². The number of aliphatic carboxylic acids is 1. The van der Waals surface area contributed by atoms with Gasteiger partial charge in [-0.05, 0) is 42.8 Å². The number of hydrogen-bond donors (Lipinski definition) is 3. The molecule has 0 spiro atoms. The van der Waals surface area contributed by atoms with Gasteiger partial charge in [0.05, 0.1) is 29.6 Å². The molecule has 0 radical (unpaired) electrons. The fraction of sp³-hybridized carbons (Fsp3) is 0.167. The summed E-state index contributed by atoms with van der Waals surface area (Å²) in [5, 5.41) is 11.9. The molecule has 0 atom stereocenters. The minimum atomic E-state index is -0.865. The van der Waals surface area contributed by atoms with Crippen LogP contribution in [0.1, 0.15) is 22.8 Å². The molecule has 0 saturated heterocycles. The van der Waals surface area contributed by atoms with Gasteiger partial charge in [0, 0.05) is 5.69 Å². The molecule has 1 aromatic heterocycles. The van der Waals surface area contributed by atoms with Crippen LogP contribution in [0.5, 0.6) is 0 Å². The molecule has 2 aromatic carbocycles. The molecule has 1 heterocycles. The molecule has 7 heteroatoms. The predicted octanol–water partition coefficient (Wildman–Crippen LogP) is 3.11. The molecule has 3 N–H and O–H groups in total. The van der Waals surface area contributed by atoms with E-state index in [1.165, 1.54) is 0 Å². The Morgan fingerprint density at radius 1 is 1.20 bits per heavy atom. The smallest absolute Gasteiger partial charge is 0.338 e. The highest BCUT2D eigenvalue weighted by molar-refractivity contribution is 5.94. The number of hydrogen-bond acceptors (Lipinski definition) is 5. The third kappa shape index (κ3) is 3.95. The van der Waals surface area contributed by atoms with E-state index in [2.05, 4.69) is 15.3 Å². The van der Waals surface area contributed by atoms with Gasteiger partial charge in [-0.25, -0.2) is 9.78 Å². The summed E-state index contributed by atoms with van der Waals surface area (Å²) in [5.41, 5.74) is 3.40. The molecule has 0 bridgehead atoms. The van der Waals surface area contributed by atoms with E-state index in [9.17, 15) is 9.59 Å². The number of ether oxygens (including phenoxy) is 1. The maximum Gasteiger partial charge on any atom is 0.338 e. The number of carboxylic acids is 1. The SMILES string of the molecule is CCOC(=O)c1ccc2nc(Nc3ccc(CC(=O)O)cc3)[nH]c2c1. The molecule has 0 amide bonds. The number of imidazole rings is 1. The Labute approximate surface area is 143 Å². The number of benzene rings is 2.